The summed E-state index contributed by atoms with van der Waals surface area (Å²) in [7, 11) is 0. The molecular formula is C20H15ClN4O4. The Hall–Kier alpha value is -3.52. The van der Waals surface area contributed by atoms with Crippen LogP contribution in [0.3, 0.4) is 0 Å². The number of rotatable bonds is 5. The molecular weight excluding hydrogens is 396 g/mol. The molecule has 4 rings (SSSR count). The molecule has 1 aromatic carbocycles. The van der Waals surface area contributed by atoms with Crippen LogP contribution in [0.4, 0.5) is 0 Å². The maximum atomic E-state index is 12.8. The smallest absolute Gasteiger partial charge is 0.359 e. The lowest BCUT2D eigenvalue weighted by Crippen LogP contribution is -2.31. The summed E-state index contributed by atoms with van der Waals surface area (Å²) in [6.45, 7) is -0.482. The molecule has 146 valence electrons. The van der Waals surface area contributed by atoms with Crippen molar-refractivity contribution in [3.05, 3.63) is 83.3 Å². The van der Waals surface area contributed by atoms with E-state index >= 15 is 0 Å². The van der Waals surface area contributed by atoms with Crippen LogP contribution in [0.1, 0.15) is 34.3 Å². The molecule has 0 fully saturated rings. The van der Waals surface area contributed by atoms with Gasteiger partial charge in [-0.1, -0.05) is 23.7 Å². The highest BCUT2D eigenvalue weighted by atomic mass is 35.5. The van der Waals surface area contributed by atoms with Gasteiger partial charge in [0, 0.05) is 23.8 Å². The van der Waals surface area contributed by atoms with E-state index in [2.05, 4.69) is 15.1 Å². The Morgan fingerprint density at radius 1 is 1.21 bits per heavy atom. The lowest BCUT2D eigenvalue weighted by Gasteiger charge is -2.19. The lowest BCUT2D eigenvalue weighted by molar-refractivity contribution is -0.136. The Kier molecular flexibility index (Phi) is 5.35. The van der Waals surface area contributed by atoms with Gasteiger partial charge in [-0.15, -0.1) is 0 Å². The minimum atomic E-state index is -0.734. The van der Waals surface area contributed by atoms with Crippen molar-refractivity contribution < 1.29 is 18.7 Å². The number of hydrogen-bond acceptors (Lipinski definition) is 7. The second kappa shape index (κ2) is 8.24. The number of hydrazone groups is 1. The highest BCUT2D eigenvalue weighted by molar-refractivity contribution is 6.30. The number of esters is 1. The Morgan fingerprint density at radius 2 is 2.03 bits per heavy atom. The van der Waals surface area contributed by atoms with Gasteiger partial charge < -0.3 is 9.15 Å². The molecule has 0 N–H and O–H groups in total. The Balaban J connectivity index is 1.52. The molecule has 1 amide bonds. The van der Waals surface area contributed by atoms with Crippen LogP contribution in [0.2, 0.25) is 5.02 Å². The molecule has 1 aliphatic heterocycles. The molecule has 0 aliphatic carbocycles. The van der Waals surface area contributed by atoms with Crippen molar-refractivity contribution in [3.8, 4) is 0 Å². The molecule has 0 bridgehead atoms. The first-order valence-corrected chi connectivity index (χ1v) is 9.11. The summed E-state index contributed by atoms with van der Waals surface area (Å²) >= 11 is 5.95. The zero-order valence-corrected chi connectivity index (χ0v) is 15.8. The second-order valence-corrected chi connectivity index (χ2v) is 6.63. The first-order chi connectivity index (χ1) is 14.1. The monoisotopic (exact) mass is 410 g/mol. The third-order valence-corrected chi connectivity index (χ3v) is 4.57. The van der Waals surface area contributed by atoms with Crippen LogP contribution in [0.5, 0.6) is 0 Å². The first-order valence-electron chi connectivity index (χ1n) is 8.74. The van der Waals surface area contributed by atoms with E-state index in [0.717, 1.165) is 5.56 Å². The fourth-order valence-corrected chi connectivity index (χ4v) is 3.06. The first kappa shape index (κ1) is 18.8. The molecule has 29 heavy (non-hydrogen) atoms. The normalized spacial score (nSPS) is 15.8. The predicted octanol–water partition coefficient (Wildman–Crippen LogP) is 3.26. The largest absolute Gasteiger partial charge is 0.467 e. The number of nitrogens with zero attached hydrogens (tertiary/aromatic N) is 4. The molecule has 0 saturated heterocycles. The lowest BCUT2D eigenvalue weighted by atomic mass is 10.0. The summed E-state index contributed by atoms with van der Waals surface area (Å²) in [6.07, 6.45) is 6.07. The van der Waals surface area contributed by atoms with Gasteiger partial charge in [-0.3, -0.25) is 9.78 Å². The van der Waals surface area contributed by atoms with Crippen molar-refractivity contribution >= 4 is 29.2 Å². The van der Waals surface area contributed by atoms with Gasteiger partial charge in [-0.05, 0) is 29.8 Å². The van der Waals surface area contributed by atoms with E-state index in [1.54, 1.807) is 24.3 Å². The van der Waals surface area contributed by atoms with E-state index < -0.39 is 24.5 Å². The average molecular weight is 411 g/mol. The molecule has 0 radical (unpaired) electrons. The summed E-state index contributed by atoms with van der Waals surface area (Å²) < 4.78 is 10.6. The molecule has 0 spiro atoms. The maximum absolute atomic E-state index is 12.8. The van der Waals surface area contributed by atoms with Crippen molar-refractivity contribution in [2.24, 2.45) is 5.10 Å². The van der Waals surface area contributed by atoms with Crippen molar-refractivity contribution in [1.29, 1.82) is 0 Å². The summed E-state index contributed by atoms with van der Waals surface area (Å²) in [5, 5.41) is 6.35. The van der Waals surface area contributed by atoms with Crippen LogP contribution in [-0.2, 0) is 9.53 Å². The maximum Gasteiger partial charge on any atom is 0.359 e. The van der Waals surface area contributed by atoms with Crippen LogP contribution in [0.15, 0.2) is 70.8 Å². The number of amides is 1. The number of hydrogen-bond donors (Lipinski definition) is 0. The zero-order valence-electron chi connectivity index (χ0n) is 15.1. The highest BCUT2D eigenvalue weighted by Gasteiger charge is 2.35. The molecule has 1 aliphatic rings. The summed E-state index contributed by atoms with van der Waals surface area (Å²) in [6, 6.07) is 10.3. The molecule has 8 nitrogen and oxygen atoms in total. The topological polar surface area (TPSA) is 97.9 Å². The molecule has 0 saturated carbocycles. The molecule has 2 aromatic heterocycles. The SMILES string of the molecule is O=C(OCC(=O)N1N=C(c2ccc(Cl)cc2)C[C@H]1c1ccco1)c1cnccn1. The molecule has 9 heteroatoms. The summed E-state index contributed by atoms with van der Waals surface area (Å²) in [5.41, 5.74) is 1.57. The van der Waals surface area contributed by atoms with Crippen LogP contribution in [0.25, 0.3) is 0 Å². The summed E-state index contributed by atoms with van der Waals surface area (Å²) in [5.74, 6) is -0.624. The van der Waals surface area contributed by atoms with Gasteiger partial charge in [0.25, 0.3) is 5.91 Å². The fourth-order valence-electron chi connectivity index (χ4n) is 2.93. The van der Waals surface area contributed by atoms with E-state index in [0.29, 0.717) is 22.9 Å². The third kappa shape index (κ3) is 4.17. The quantitative estimate of drug-likeness (QED) is 0.599. The van der Waals surface area contributed by atoms with E-state index in [4.69, 9.17) is 20.8 Å². The average Bonchev–Trinajstić information content (AvgIpc) is 3.43. The van der Waals surface area contributed by atoms with Crippen molar-refractivity contribution in [3.63, 3.8) is 0 Å². The molecule has 0 unspecified atom stereocenters. The van der Waals surface area contributed by atoms with Gasteiger partial charge in [-0.2, -0.15) is 5.10 Å². The number of carbonyl (C=O) groups excluding carboxylic acids is 2. The van der Waals surface area contributed by atoms with E-state index in [-0.39, 0.29) is 5.69 Å². The molecule has 3 aromatic rings. The van der Waals surface area contributed by atoms with Gasteiger partial charge in [0.2, 0.25) is 0 Å². The fraction of sp³-hybridized carbons (Fsp3) is 0.150. The minimum absolute atomic E-state index is 0.0228. The molecule has 3 heterocycles. The van der Waals surface area contributed by atoms with Gasteiger partial charge in [0.05, 0.1) is 18.2 Å². The van der Waals surface area contributed by atoms with E-state index in [9.17, 15) is 9.59 Å². The number of carbonyl (C=O) groups is 2. The van der Waals surface area contributed by atoms with Crippen molar-refractivity contribution in [2.45, 2.75) is 12.5 Å². The number of halogens is 1. The Morgan fingerprint density at radius 3 is 2.72 bits per heavy atom. The van der Waals surface area contributed by atoms with Crippen molar-refractivity contribution in [1.82, 2.24) is 15.0 Å². The van der Waals surface area contributed by atoms with Crippen LogP contribution in [0, 0.1) is 0 Å². The standard InChI is InChI=1S/C20H15ClN4O4/c21-14-5-3-13(4-6-14)15-10-17(18-2-1-9-28-18)25(24-15)19(26)12-29-20(27)16-11-22-7-8-23-16/h1-9,11,17H,10,12H2/t17-/m0/s1. The van der Waals surface area contributed by atoms with Crippen LogP contribution >= 0.6 is 11.6 Å². The van der Waals surface area contributed by atoms with Crippen molar-refractivity contribution in [2.75, 3.05) is 6.61 Å². The number of ether oxygens (including phenoxy) is 1. The van der Waals surface area contributed by atoms with E-state index in [1.165, 1.54) is 29.9 Å². The molecule has 1 atom stereocenters. The predicted molar refractivity (Wildman–Crippen MR) is 103 cm³/mol. The van der Waals surface area contributed by atoms with Gasteiger partial charge >= 0.3 is 5.97 Å². The van der Waals surface area contributed by atoms with Crippen LogP contribution in [-0.4, -0.2) is 39.2 Å². The highest BCUT2D eigenvalue weighted by Crippen LogP contribution is 2.33. The van der Waals surface area contributed by atoms with Gasteiger partial charge in [0.15, 0.2) is 12.3 Å². The number of furan rings is 1. The van der Waals surface area contributed by atoms with Crippen LogP contribution < -0.4 is 0 Å². The number of benzene rings is 1. The minimum Gasteiger partial charge on any atom is -0.467 e. The summed E-state index contributed by atoms with van der Waals surface area (Å²) in [4.78, 5) is 32.4. The Labute approximate surface area is 170 Å². The third-order valence-electron chi connectivity index (χ3n) is 4.31. The van der Waals surface area contributed by atoms with E-state index in [1.807, 2.05) is 12.1 Å². The zero-order chi connectivity index (χ0) is 20.2. The Bertz CT molecular complexity index is 1040. The van der Waals surface area contributed by atoms with Gasteiger partial charge in [0.1, 0.15) is 11.8 Å². The second-order valence-electron chi connectivity index (χ2n) is 6.19. The number of aromatic nitrogens is 2. The van der Waals surface area contributed by atoms with Gasteiger partial charge in [-0.25, -0.2) is 14.8 Å².